The van der Waals surface area contributed by atoms with Gasteiger partial charge < -0.3 is 5.32 Å². The first kappa shape index (κ1) is 22.1. The van der Waals surface area contributed by atoms with E-state index in [-0.39, 0.29) is 23.4 Å². The van der Waals surface area contributed by atoms with Crippen molar-refractivity contribution in [3.8, 4) is 0 Å². The van der Waals surface area contributed by atoms with Crippen molar-refractivity contribution >= 4 is 50.5 Å². The molecule has 0 spiro atoms. The van der Waals surface area contributed by atoms with Crippen LogP contribution in [-0.4, -0.2) is 20.6 Å². The first-order valence-corrected chi connectivity index (χ1v) is 11.3. The lowest BCUT2D eigenvalue weighted by Crippen LogP contribution is -2.29. The van der Waals surface area contributed by atoms with Crippen molar-refractivity contribution in [2.45, 2.75) is 6.54 Å². The number of amides is 1. The molecule has 0 fully saturated rings. The highest BCUT2D eigenvalue weighted by atomic mass is 35.5. The monoisotopic (exact) mass is 466 g/mol. The molecule has 0 aliphatic heterocycles. The molecule has 0 saturated carbocycles. The second-order valence-corrected chi connectivity index (χ2v) is 9.18. The van der Waals surface area contributed by atoms with E-state index in [9.17, 15) is 17.6 Å². The Hall–Kier alpha value is -2.61. The lowest BCUT2D eigenvalue weighted by Gasteiger charge is -2.23. The number of carbonyl (C=O) groups is 1. The number of hydrogen-bond acceptors (Lipinski definition) is 3. The summed E-state index contributed by atoms with van der Waals surface area (Å²) in [5.41, 5.74) is 1.09. The van der Waals surface area contributed by atoms with E-state index in [4.69, 9.17) is 23.2 Å². The molecule has 0 heterocycles. The molecule has 30 heavy (non-hydrogen) atoms. The second-order valence-electron chi connectivity index (χ2n) is 6.46. The van der Waals surface area contributed by atoms with Crippen LogP contribution in [0.3, 0.4) is 0 Å². The summed E-state index contributed by atoms with van der Waals surface area (Å²) in [4.78, 5) is 12.5. The van der Waals surface area contributed by atoms with Gasteiger partial charge >= 0.3 is 0 Å². The predicted octanol–water partition coefficient (Wildman–Crippen LogP) is 5.35. The van der Waals surface area contributed by atoms with Crippen molar-refractivity contribution in [2.24, 2.45) is 0 Å². The van der Waals surface area contributed by atoms with Crippen LogP contribution in [0.25, 0.3) is 0 Å². The summed E-state index contributed by atoms with van der Waals surface area (Å²) < 4.78 is 39.6. The minimum atomic E-state index is -3.69. The first-order valence-electron chi connectivity index (χ1n) is 8.73. The zero-order valence-electron chi connectivity index (χ0n) is 15.8. The summed E-state index contributed by atoms with van der Waals surface area (Å²) in [6.07, 6.45) is 1.04. The minimum absolute atomic E-state index is 0.174. The molecule has 1 N–H and O–H groups in total. The van der Waals surface area contributed by atoms with Gasteiger partial charge in [0.1, 0.15) is 5.82 Å². The quantitative estimate of drug-likeness (QED) is 0.532. The van der Waals surface area contributed by atoms with Gasteiger partial charge in [-0.05, 0) is 42.5 Å². The average Bonchev–Trinajstić information content (AvgIpc) is 2.69. The predicted molar refractivity (Wildman–Crippen MR) is 118 cm³/mol. The Morgan fingerprint density at radius 3 is 2.13 bits per heavy atom. The molecule has 1 amide bonds. The molecule has 0 atom stereocenters. The largest absolute Gasteiger partial charge is 0.319 e. The molecule has 0 saturated heterocycles. The Morgan fingerprint density at radius 1 is 0.967 bits per heavy atom. The van der Waals surface area contributed by atoms with Gasteiger partial charge in [-0.15, -0.1) is 0 Å². The number of halogens is 3. The van der Waals surface area contributed by atoms with Crippen LogP contribution in [0.5, 0.6) is 0 Å². The topological polar surface area (TPSA) is 66.5 Å². The number of anilines is 2. The van der Waals surface area contributed by atoms with Crippen LogP contribution in [0.1, 0.15) is 15.9 Å². The number of nitrogens with zero attached hydrogens (tertiary/aromatic N) is 1. The molecule has 3 rings (SSSR count). The summed E-state index contributed by atoms with van der Waals surface area (Å²) in [7, 11) is -3.69. The van der Waals surface area contributed by atoms with E-state index in [0.717, 1.165) is 10.6 Å². The van der Waals surface area contributed by atoms with E-state index in [0.29, 0.717) is 15.7 Å². The molecule has 5 nitrogen and oxygen atoms in total. The Balaban J connectivity index is 1.85. The van der Waals surface area contributed by atoms with Crippen molar-refractivity contribution < 1.29 is 17.6 Å². The van der Waals surface area contributed by atoms with Crippen molar-refractivity contribution in [3.63, 3.8) is 0 Å². The van der Waals surface area contributed by atoms with E-state index < -0.39 is 21.7 Å². The van der Waals surface area contributed by atoms with E-state index in [1.807, 2.05) is 0 Å². The van der Waals surface area contributed by atoms with Gasteiger partial charge in [-0.3, -0.25) is 9.10 Å². The van der Waals surface area contributed by atoms with E-state index in [1.165, 1.54) is 42.5 Å². The Kier molecular flexibility index (Phi) is 6.65. The zero-order chi connectivity index (χ0) is 21.9. The fourth-order valence-corrected chi connectivity index (χ4v) is 4.13. The number of nitrogens with one attached hydrogen (secondary N) is 1. The van der Waals surface area contributed by atoms with Crippen LogP contribution in [0, 0.1) is 5.82 Å². The third kappa shape index (κ3) is 5.11. The fourth-order valence-electron chi connectivity index (χ4n) is 2.76. The molecule has 156 valence electrons. The third-order valence-corrected chi connectivity index (χ3v) is 6.06. The maximum absolute atomic E-state index is 14.0. The SMILES string of the molecule is CS(=O)(=O)N(Cc1ccccc1F)c1ccc(C(=O)Nc2c(Cl)cccc2Cl)cc1. The number of para-hydroxylation sites is 1. The standard InChI is InChI=1S/C21H17Cl2FN2O3S/c1-30(28,29)26(13-15-5-2-3-8-19(15)24)16-11-9-14(10-12-16)21(27)25-20-17(22)6-4-7-18(20)23/h2-12H,13H2,1H3,(H,25,27). The Morgan fingerprint density at radius 2 is 1.57 bits per heavy atom. The van der Waals surface area contributed by atoms with Crippen LogP contribution in [0.2, 0.25) is 10.0 Å². The molecule has 9 heteroatoms. The van der Waals surface area contributed by atoms with Gasteiger partial charge in [0, 0.05) is 11.1 Å². The molecule has 0 aromatic heterocycles. The van der Waals surface area contributed by atoms with Gasteiger partial charge in [0.15, 0.2) is 0 Å². The fraction of sp³-hybridized carbons (Fsp3) is 0.0952. The number of benzene rings is 3. The Labute approximate surface area is 184 Å². The number of carbonyl (C=O) groups excluding carboxylic acids is 1. The van der Waals surface area contributed by atoms with Gasteiger partial charge in [-0.25, -0.2) is 12.8 Å². The summed E-state index contributed by atoms with van der Waals surface area (Å²) >= 11 is 12.1. The third-order valence-electron chi connectivity index (χ3n) is 4.29. The minimum Gasteiger partial charge on any atom is -0.319 e. The molecule has 3 aromatic rings. The number of hydrogen-bond donors (Lipinski definition) is 1. The van der Waals surface area contributed by atoms with Gasteiger partial charge in [-0.1, -0.05) is 47.5 Å². The van der Waals surface area contributed by atoms with Crippen molar-refractivity contribution in [1.82, 2.24) is 0 Å². The average molecular weight is 467 g/mol. The Bertz CT molecular complexity index is 1160. The van der Waals surface area contributed by atoms with E-state index in [2.05, 4.69) is 5.32 Å². The maximum Gasteiger partial charge on any atom is 0.255 e. The van der Waals surface area contributed by atoms with Crippen molar-refractivity contribution in [3.05, 3.63) is 93.7 Å². The van der Waals surface area contributed by atoms with Crippen LogP contribution in [-0.2, 0) is 16.6 Å². The number of rotatable bonds is 6. The molecule has 0 aliphatic carbocycles. The highest BCUT2D eigenvalue weighted by Gasteiger charge is 2.20. The molecule has 0 radical (unpaired) electrons. The summed E-state index contributed by atoms with van der Waals surface area (Å²) in [5, 5.41) is 3.22. The lowest BCUT2D eigenvalue weighted by molar-refractivity contribution is 0.102. The summed E-state index contributed by atoms with van der Waals surface area (Å²) in [5.74, 6) is -0.963. The zero-order valence-corrected chi connectivity index (χ0v) is 18.1. The lowest BCUT2D eigenvalue weighted by atomic mass is 10.1. The molecule has 0 bridgehead atoms. The second kappa shape index (κ2) is 9.04. The van der Waals surface area contributed by atoms with Crippen molar-refractivity contribution in [1.29, 1.82) is 0 Å². The smallest absolute Gasteiger partial charge is 0.255 e. The van der Waals surface area contributed by atoms with Gasteiger partial charge in [0.05, 0.1) is 34.2 Å². The molecule has 0 aliphatic rings. The first-order chi connectivity index (χ1) is 14.2. The van der Waals surface area contributed by atoms with Crippen LogP contribution >= 0.6 is 23.2 Å². The van der Waals surface area contributed by atoms with Crippen LogP contribution in [0.4, 0.5) is 15.8 Å². The van der Waals surface area contributed by atoms with Gasteiger partial charge in [-0.2, -0.15) is 0 Å². The van der Waals surface area contributed by atoms with E-state index >= 15 is 0 Å². The number of sulfonamides is 1. The normalized spacial score (nSPS) is 11.2. The maximum atomic E-state index is 14.0. The molecular formula is C21H17Cl2FN2O3S. The molecule has 3 aromatic carbocycles. The van der Waals surface area contributed by atoms with E-state index in [1.54, 1.807) is 24.3 Å². The summed E-state index contributed by atoms with van der Waals surface area (Å²) in [6, 6.07) is 16.7. The van der Waals surface area contributed by atoms with Crippen molar-refractivity contribution in [2.75, 3.05) is 15.9 Å². The highest BCUT2D eigenvalue weighted by molar-refractivity contribution is 7.92. The van der Waals surface area contributed by atoms with Gasteiger partial charge in [0.25, 0.3) is 5.91 Å². The highest BCUT2D eigenvalue weighted by Crippen LogP contribution is 2.30. The molecule has 0 unspecified atom stereocenters. The summed E-state index contributed by atoms with van der Waals surface area (Å²) in [6.45, 7) is -0.174. The molecular weight excluding hydrogens is 450 g/mol. The van der Waals surface area contributed by atoms with Gasteiger partial charge in [0.2, 0.25) is 10.0 Å². The van der Waals surface area contributed by atoms with Crippen LogP contribution in [0.15, 0.2) is 66.7 Å². The van der Waals surface area contributed by atoms with Crippen LogP contribution < -0.4 is 9.62 Å².